The highest BCUT2D eigenvalue weighted by Crippen LogP contribution is 2.29. The predicted molar refractivity (Wildman–Crippen MR) is 165 cm³/mol. The molecule has 0 spiro atoms. The summed E-state index contributed by atoms with van der Waals surface area (Å²) in [5.74, 6) is -2.39. The Morgan fingerprint density at radius 3 is 2.43 bits per heavy atom. The van der Waals surface area contributed by atoms with Crippen molar-refractivity contribution in [1.29, 1.82) is 0 Å². The van der Waals surface area contributed by atoms with Gasteiger partial charge >= 0.3 is 5.97 Å². The van der Waals surface area contributed by atoms with Gasteiger partial charge < -0.3 is 19.1 Å². The molecule has 0 aliphatic heterocycles. The molecule has 232 valence electrons. The quantitative estimate of drug-likeness (QED) is 0.164. The van der Waals surface area contributed by atoms with Crippen LogP contribution in [0.2, 0.25) is 0 Å². The Hall–Kier alpha value is -5.55. The van der Waals surface area contributed by atoms with Crippen molar-refractivity contribution >= 4 is 17.0 Å². The number of ether oxygens (including phenoxy) is 2. The number of methoxy groups -OCH3 is 1. The van der Waals surface area contributed by atoms with Crippen molar-refractivity contribution < 1.29 is 32.5 Å². The van der Waals surface area contributed by atoms with Gasteiger partial charge in [-0.15, -0.1) is 0 Å². The van der Waals surface area contributed by atoms with E-state index < -0.39 is 23.4 Å². The van der Waals surface area contributed by atoms with Crippen LogP contribution in [0.5, 0.6) is 5.88 Å². The minimum atomic E-state index is -1.09. The molecule has 0 atom stereocenters. The van der Waals surface area contributed by atoms with Crippen molar-refractivity contribution in [3.05, 3.63) is 131 Å². The van der Waals surface area contributed by atoms with Gasteiger partial charge in [-0.2, -0.15) is 0 Å². The van der Waals surface area contributed by atoms with Crippen molar-refractivity contribution in [1.82, 2.24) is 19.5 Å². The lowest BCUT2D eigenvalue weighted by molar-refractivity contribution is 0.0697. The van der Waals surface area contributed by atoms with E-state index in [0.29, 0.717) is 46.8 Å². The summed E-state index contributed by atoms with van der Waals surface area (Å²) in [6.07, 6.45) is 1.58. The van der Waals surface area contributed by atoms with E-state index in [-0.39, 0.29) is 41.3 Å². The number of halogens is 3. The Morgan fingerprint density at radius 1 is 0.848 bits per heavy atom. The van der Waals surface area contributed by atoms with Gasteiger partial charge in [0.05, 0.1) is 34.6 Å². The van der Waals surface area contributed by atoms with E-state index in [1.807, 2.05) is 6.07 Å². The second-order valence-electron chi connectivity index (χ2n) is 10.5. The summed E-state index contributed by atoms with van der Waals surface area (Å²) in [4.78, 5) is 24.6. The summed E-state index contributed by atoms with van der Waals surface area (Å²) in [5.41, 5.74) is 2.85. The Bertz CT molecular complexity index is 2050. The van der Waals surface area contributed by atoms with E-state index in [4.69, 9.17) is 9.47 Å². The average Bonchev–Trinajstić information content (AvgIpc) is 3.41. The van der Waals surface area contributed by atoms with Gasteiger partial charge in [-0.1, -0.05) is 24.3 Å². The number of nitrogens with zero attached hydrogens (tertiary/aromatic N) is 4. The van der Waals surface area contributed by atoms with Gasteiger partial charge in [0.25, 0.3) is 0 Å². The first-order chi connectivity index (χ1) is 22.3. The number of benzene rings is 3. The fourth-order valence-corrected chi connectivity index (χ4v) is 5.12. The van der Waals surface area contributed by atoms with Crippen LogP contribution < -0.4 is 4.74 Å². The number of carboxylic acid groups (broad SMARTS) is 1. The average molecular weight is 625 g/mol. The highest BCUT2D eigenvalue weighted by molar-refractivity contribution is 5.92. The van der Waals surface area contributed by atoms with E-state index >= 15 is 8.78 Å². The number of aromatic nitrogens is 4. The zero-order valence-corrected chi connectivity index (χ0v) is 24.6. The van der Waals surface area contributed by atoms with E-state index in [9.17, 15) is 14.3 Å². The lowest BCUT2D eigenvalue weighted by Gasteiger charge is -2.12. The van der Waals surface area contributed by atoms with Crippen molar-refractivity contribution in [3.63, 3.8) is 0 Å². The third kappa shape index (κ3) is 6.45. The highest BCUT2D eigenvalue weighted by Gasteiger charge is 2.19. The van der Waals surface area contributed by atoms with Crippen LogP contribution >= 0.6 is 0 Å². The van der Waals surface area contributed by atoms with Crippen molar-refractivity contribution in [2.75, 3.05) is 13.7 Å². The molecule has 0 amide bonds. The van der Waals surface area contributed by atoms with Crippen LogP contribution in [0.15, 0.2) is 91.1 Å². The molecule has 0 radical (unpaired) electrons. The van der Waals surface area contributed by atoms with Gasteiger partial charge in [-0.05, 0) is 60.2 Å². The van der Waals surface area contributed by atoms with Crippen LogP contribution in [0.4, 0.5) is 13.2 Å². The first-order valence-electron chi connectivity index (χ1n) is 14.3. The maximum Gasteiger partial charge on any atom is 0.335 e. The number of carboxylic acids is 1. The molecule has 0 saturated heterocycles. The lowest BCUT2D eigenvalue weighted by atomic mass is 10.0. The van der Waals surface area contributed by atoms with Gasteiger partial charge in [0.2, 0.25) is 5.88 Å². The van der Waals surface area contributed by atoms with E-state index in [2.05, 4.69) is 15.0 Å². The fraction of sp³-hybridized carbons (Fsp3) is 0.143. The number of imidazole rings is 1. The first-order valence-corrected chi connectivity index (χ1v) is 14.3. The Labute approximate surface area is 261 Å². The Kier molecular flexibility index (Phi) is 8.75. The van der Waals surface area contributed by atoms with Crippen LogP contribution in [0.25, 0.3) is 33.5 Å². The van der Waals surface area contributed by atoms with Gasteiger partial charge in [-0.25, -0.2) is 27.9 Å². The summed E-state index contributed by atoms with van der Waals surface area (Å²) < 4.78 is 58.4. The molecule has 0 unspecified atom stereocenters. The second kappa shape index (κ2) is 13.2. The molecule has 3 heterocycles. The molecule has 11 heteroatoms. The van der Waals surface area contributed by atoms with Crippen LogP contribution in [0.1, 0.15) is 27.3 Å². The van der Waals surface area contributed by atoms with Crippen LogP contribution in [-0.4, -0.2) is 44.3 Å². The highest BCUT2D eigenvalue weighted by atomic mass is 19.1. The van der Waals surface area contributed by atoms with E-state index in [1.54, 1.807) is 53.2 Å². The van der Waals surface area contributed by atoms with Crippen LogP contribution in [0.3, 0.4) is 0 Å². The molecular weight excluding hydrogens is 597 g/mol. The summed E-state index contributed by atoms with van der Waals surface area (Å²) in [6, 6.07) is 21.5. The minimum absolute atomic E-state index is 0.0505. The Morgan fingerprint density at radius 2 is 1.67 bits per heavy atom. The molecule has 3 aromatic carbocycles. The molecule has 6 rings (SSSR count). The van der Waals surface area contributed by atoms with Gasteiger partial charge in [0, 0.05) is 49.0 Å². The maximum absolute atomic E-state index is 15.5. The molecule has 0 aliphatic carbocycles. The summed E-state index contributed by atoms with van der Waals surface area (Å²) in [6.45, 7) is 0.514. The third-order valence-electron chi connectivity index (χ3n) is 7.47. The lowest BCUT2D eigenvalue weighted by Crippen LogP contribution is -2.10. The van der Waals surface area contributed by atoms with Crippen molar-refractivity contribution in [2.24, 2.45) is 0 Å². The molecule has 1 N–H and O–H groups in total. The zero-order valence-electron chi connectivity index (χ0n) is 24.6. The second-order valence-corrected chi connectivity index (χ2v) is 10.5. The molecule has 8 nitrogen and oxygen atoms in total. The number of carbonyl (C=O) groups is 1. The maximum atomic E-state index is 15.5. The molecular formula is C35H27F3N4O4. The molecule has 0 fully saturated rings. The van der Waals surface area contributed by atoms with Gasteiger partial charge in [0.1, 0.15) is 29.9 Å². The predicted octanol–water partition coefficient (Wildman–Crippen LogP) is 7.09. The Balaban J connectivity index is 1.22. The molecule has 0 aliphatic rings. The van der Waals surface area contributed by atoms with Crippen molar-refractivity contribution in [3.8, 4) is 28.4 Å². The standard InChI is InChI=1S/C35H27F3N4O4/c1-45-14-13-42-32-17-22(35(43)44)10-11-31(32)40-33(42)18-24-16-28(38)25(19-27(24)37)30-6-4-7-34(41-30)46-20-23-9-8-21(15-26(23)36)29-5-2-3-12-39-29/h2-12,15-17,19H,13-14,18,20H2,1H3,(H,43,44). The van der Waals surface area contributed by atoms with E-state index in [1.165, 1.54) is 31.4 Å². The first kappa shape index (κ1) is 30.5. The number of hydrogen-bond acceptors (Lipinski definition) is 6. The number of pyridine rings is 2. The number of fused-ring (bicyclic) bond motifs is 1. The van der Waals surface area contributed by atoms with E-state index in [0.717, 1.165) is 12.1 Å². The number of rotatable bonds is 11. The monoisotopic (exact) mass is 624 g/mol. The fourth-order valence-electron chi connectivity index (χ4n) is 5.12. The third-order valence-corrected chi connectivity index (χ3v) is 7.47. The largest absolute Gasteiger partial charge is 0.478 e. The van der Waals surface area contributed by atoms with Crippen LogP contribution in [-0.2, 0) is 24.3 Å². The minimum Gasteiger partial charge on any atom is -0.478 e. The number of aromatic carboxylic acids is 1. The summed E-state index contributed by atoms with van der Waals surface area (Å²) in [5, 5.41) is 9.42. The molecule has 3 aromatic heterocycles. The smallest absolute Gasteiger partial charge is 0.335 e. The van der Waals surface area contributed by atoms with Crippen molar-refractivity contribution in [2.45, 2.75) is 19.6 Å². The molecule has 0 saturated carbocycles. The van der Waals surface area contributed by atoms with Gasteiger partial charge in [-0.3, -0.25) is 4.98 Å². The summed E-state index contributed by atoms with van der Waals surface area (Å²) >= 11 is 0. The number of hydrogen-bond donors (Lipinski definition) is 1. The summed E-state index contributed by atoms with van der Waals surface area (Å²) in [7, 11) is 1.53. The van der Waals surface area contributed by atoms with Crippen LogP contribution in [0, 0.1) is 17.5 Å². The molecule has 6 aromatic rings. The van der Waals surface area contributed by atoms with Gasteiger partial charge in [0.15, 0.2) is 0 Å². The molecule has 46 heavy (non-hydrogen) atoms. The normalized spacial score (nSPS) is 11.2. The topological polar surface area (TPSA) is 99.4 Å². The SMILES string of the molecule is COCCn1c(Cc2cc(F)c(-c3cccc(OCc4ccc(-c5ccccn5)cc4F)n3)cc2F)nc2ccc(C(=O)O)cc21. The zero-order chi connectivity index (χ0) is 32.2. The molecule has 0 bridgehead atoms.